The van der Waals surface area contributed by atoms with Gasteiger partial charge >= 0.3 is 0 Å². The molecule has 13 heavy (non-hydrogen) atoms. The number of unbranched alkanes of at least 4 members (excludes halogenated alkanes) is 1. The first-order valence-corrected chi connectivity index (χ1v) is 5.57. The molecule has 2 rings (SSSR count). The first-order valence-electron chi connectivity index (χ1n) is 5.57. The molecule has 0 saturated heterocycles. The summed E-state index contributed by atoms with van der Waals surface area (Å²) in [4.78, 5) is 0. The van der Waals surface area contributed by atoms with Crippen molar-refractivity contribution in [3.05, 3.63) is 0 Å². The summed E-state index contributed by atoms with van der Waals surface area (Å²) in [5.74, 6) is 0. The molecule has 0 aliphatic heterocycles. The summed E-state index contributed by atoms with van der Waals surface area (Å²) in [5, 5.41) is 8.58. The van der Waals surface area contributed by atoms with Crippen molar-refractivity contribution in [3.63, 3.8) is 0 Å². The van der Waals surface area contributed by atoms with Gasteiger partial charge in [-0.05, 0) is 43.9 Å². The Morgan fingerprint density at radius 1 is 1.23 bits per heavy atom. The maximum atomic E-state index is 8.58. The van der Waals surface area contributed by atoms with Crippen LogP contribution in [0, 0.1) is 5.41 Å². The largest absolute Gasteiger partial charge is 0.396 e. The lowest BCUT2D eigenvalue weighted by atomic mass is 9.55. The second kappa shape index (κ2) is 3.97. The van der Waals surface area contributed by atoms with E-state index in [0.29, 0.717) is 12.7 Å². The normalized spacial score (nSPS) is 25.6. The van der Waals surface area contributed by atoms with E-state index < -0.39 is 0 Å². The number of hydrogen-bond donors (Lipinski definition) is 1. The van der Waals surface area contributed by atoms with Gasteiger partial charge in [-0.25, -0.2) is 0 Å². The maximum absolute atomic E-state index is 8.58. The summed E-state index contributed by atoms with van der Waals surface area (Å²) in [6, 6.07) is 0. The number of rotatable bonds is 5. The molecule has 0 aromatic carbocycles. The van der Waals surface area contributed by atoms with Crippen LogP contribution >= 0.6 is 0 Å². The van der Waals surface area contributed by atoms with E-state index in [1.54, 1.807) is 0 Å². The highest BCUT2D eigenvalue weighted by Crippen LogP contribution is 2.56. The zero-order valence-electron chi connectivity index (χ0n) is 8.30. The molecule has 1 spiro atoms. The lowest BCUT2D eigenvalue weighted by Gasteiger charge is -2.53. The minimum atomic E-state index is 0.304. The maximum Gasteiger partial charge on any atom is 0.0585 e. The van der Waals surface area contributed by atoms with E-state index in [9.17, 15) is 0 Å². The SMILES string of the molecule is OCCCCOC1CC2(CCC2)C1. The molecule has 0 aromatic heterocycles. The van der Waals surface area contributed by atoms with Gasteiger partial charge < -0.3 is 9.84 Å². The third-order valence-electron chi connectivity index (χ3n) is 3.64. The van der Waals surface area contributed by atoms with Gasteiger partial charge in [0.15, 0.2) is 0 Å². The topological polar surface area (TPSA) is 29.5 Å². The molecule has 2 saturated carbocycles. The van der Waals surface area contributed by atoms with Gasteiger partial charge in [-0.2, -0.15) is 0 Å². The predicted molar refractivity (Wildman–Crippen MR) is 51.6 cm³/mol. The molecule has 0 heterocycles. The Morgan fingerprint density at radius 2 is 2.00 bits per heavy atom. The van der Waals surface area contributed by atoms with E-state index in [1.807, 2.05) is 0 Å². The highest BCUT2D eigenvalue weighted by molar-refractivity contribution is 4.99. The molecular weight excluding hydrogens is 164 g/mol. The average Bonchev–Trinajstić information content (AvgIpc) is 1.97. The second-order valence-electron chi connectivity index (χ2n) is 4.69. The fraction of sp³-hybridized carbons (Fsp3) is 1.00. The van der Waals surface area contributed by atoms with Crippen molar-refractivity contribution < 1.29 is 9.84 Å². The molecule has 2 nitrogen and oxygen atoms in total. The van der Waals surface area contributed by atoms with Crippen LogP contribution in [0.5, 0.6) is 0 Å². The van der Waals surface area contributed by atoms with Crippen LogP contribution in [0.2, 0.25) is 0 Å². The Hall–Kier alpha value is -0.0800. The lowest BCUT2D eigenvalue weighted by Crippen LogP contribution is -2.47. The van der Waals surface area contributed by atoms with E-state index in [2.05, 4.69) is 0 Å². The van der Waals surface area contributed by atoms with Crippen molar-refractivity contribution in [2.24, 2.45) is 5.41 Å². The molecule has 0 unspecified atom stereocenters. The molecule has 0 aromatic rings. The number of aliphatic hydroxyl groups is 1. The molecule has 76 valence electrons. The first kappa shape index (κ1) is 9.47. The van der Waals surface area contributed by atoms with E-state index >= 15 is 0 Å². The second-order valence-corrected chi connectivity index (χ2v) is 4.69. The zero-order chi connectivity index (χ0) is 9.15. The number of aliphatic hydroxyl groups excluding tert-OH is 1. The Balaban J connectivity index is 1.49. The van der Waals surface area contributed by atoms with E-state index in [1.165, 1.54) is 32.1 Å². The first-order chi connectivity index (χ1) is 6.35. The van der Waals surface area contributed by atoms with Crippen LogP contribution < -0.4 is 0 Å². The third-order valence-corrected chi connectivity index (χ3v) is 3.64. The molecule has 2 aliphatic carbocycles. The van der Waals surface area contributed by atoms with Crippen LogP contribution in [0.25, 0.3) is 0 Å². The Morgan fingerprint density at radius 3 is 2.54 bits per heavy atom. The summed E-state index contributed by atoms with van der Waals surface area (Å²) < 4.78 is 5.70. The minimum absolute atomic E-state index is 0.304. The Labute approximate surface area is 80.3 Å². The predicted octanol–water partition coefficient (Wildman–Crippen LogP) is 2.11. The van der Waals surface area contributed by atoms with Gasteiger partial charge in [0, 0.05) is 13.2 Å². The zero-order valence-corrected chi connectivity index (χ0v) is 8.30. The van der Waals surface area contributed by atoms with Gasteiger partial charge in [-0.3, -0.25) is 0 Å². The lowest BCUT2D eigenvalue weighted by molar-refractivity contribution is -0.117. The van der Waals surface area contributed by atoms with Gasteiger partial charge in [0.2, 0.25) is 0 Å². The molecule has 0 radical (unpaired) electrons. The van der Waals surface area contributed by atoms with E-state index in [0.717, 1.165) is 24.9 Å². The van der Waals surface area contributed by atoms with Crippen molar-refractivity contribution in [2.45, 2.75) is 51.0 Å². The summed E-state index contributed by atoms with van der Waals surface area (Å²) in [7, 11) is 0. The van der Waals surface area contributed by atoms with Crippen molar-refractivity contribution in [3.8, 4) is 0 Å². The van der Waals surface area contributed by atoms with Gasteiger partial charge in [-0.15, -0.1) is 0 Å². The van der Waals surface area contributed by atoms with Crippen LogP contribution in [-0.4, -0.2) is 24.4 Å². The number of hydrogen-bond acceptors (Lipinski definition) is 2. The third kappa shape index (κ3) is 2.05. The molecule has 2 aliphatic rings. The monoisotopic (exact) mass is 184 g/mol. The average molecular weight is 184 g/mol. The molecule has 0 amide bonds. The van der Waals surface area contributed by atoms with Crippen molar-refractivity contribution >= 4 is 0 Å². The molecular formula is C11H20O2. The minimum Gasteiger partial charge on any atom is -0.396 e. The fourth-order valence-electron chi connectivity index (χ4n) is 2.57. The summed E-state index contributed by atoms with van der Waals surface area (Å²) in [6.07, 6.45) is 9.42. The van der Waals surface area contributed by atoms with Crippen molar-refractivity contribution in [2.75, 3.05) is 13.2 Å². The Kier molecular flexibility index (Phi) is 2.89. The standard InChI is InChI=1S/C11H20O2/c12-6-1-2-7-13-10-8-11(9-10)4-3-5-11/h10,12H,1-9H2. The highest BCUT2D eigenvalue weighted by atomic mass is 16.5. The van der Waals surface area contributed by atoms with Crippen LogP contribution in [0.3, 0.4) is 0 Å². The molecule has 2 heteroatoms. The van der Waals surface area contributed by atoms with Gasteiger partial charge in [0.1, 0.15) is 0 Å². The van der Waals surface area contributed by atoms with Gasteiger partial charge in [-0.1, -0.05) is 6.42 Å². The number of ether oxygens (including phenoxy) is 1. The highest BCUT2D eigenvalue weighted by Gasteiger charge is 2.48. The van der Waals surface area contributed by atoms with E-state index in [4.69, 9.17) is 9.84 Å². The van der Waals surface area contributed by atoms with Crippen molar-refractivity contribution in [1.82, 2.24) is 0 Å². The van der Waals surface area contributed by atoms with Crippen LogP contribution in [-0.2, 0) is 4.74 Å². The summed E-state index contributed by atoms with van der Waals surface area (Å²) >= 11 is 0. The smallest absolute Gasteiger partial charge is 0.0585 e. The summed E-state index contributed by atoms with van der Waals surface area (Å²) in [6.45, 7) is 1.15. The quantitative estimate of drug-likeness (QED) is 0.663. The van der Waals surface area contributed by atoms with Gasteiger partial charge in [0.25, 0.3) is 0 Å². The van der Waals surface area contributed by atoms with Gasteiger partial charge in [0.05, 0.1) is 6.10 Å². The molecule has 2 fully saturated rings. The molecule has 0 bridgehead atoms. The van der Waals surface area contributed by atoms with Crippen LogP contribution in [0.4, 0.5) is 0 Å². The van der Waals surface area contributed by atoms with Crippen molar-refractivity contribution in [1.29, 1.82) is 0 Å². The summed E-state index contributed by atoms with van der Waals surface area (Å²) in [5.41, 5.74) is 0.738. The Bertz CT molecular complexity index is 155. The van der Waals surface area contributed by atoms with Crippen LogP contribution in [0.1, 0.15) is 44.9 Å². The molecule has 0 atom stereocenters. The van der Waals surface area contributed by atoms with Crippen LogP contribution in [0.15, 0.2) is 0 Å². The fourth-order valence-corrected chi connectivity index (χ4v) is 2.57. The van der Waals surface area contributed by atoms with E-state index in [-0.39, 0.29) is 0 Å². The molecule has 1 N–H and O–H groups in total.